The fourth-order valence-electron chi connectivity index (χ4n) is 3.32. The zero-order valence-electron chi connectivity index (χ0n) is 14.5. The number of hydrogen-bond acceptors (Lipinski definition) is 3. The smallest absolute Gasteiger partial charge is 0.141 e. The lowest BCUT2D eigenvalue weighted by Crippen LogP contribution is -2.26. The second-order valence-corrected chi connectivity index (χ2v) is 6.44. The van der Waals surface area contributed by atoms with E-state index in [1.54, 1.807) is 0 Å². The number of carbonyl (C=O) groups excluding carboxylic acids is 1. The predicted molar refractivity (Wildman–Crippen MR) is 107 cm³/mol. The number of aldehydes is 1. The summed E-state index contributed by atoms with van der Waals surface area (Å²) in [6, 6.07) is 25.0. The highest BCUT2D eigenvalue weighted by atomic mass is 16.1. The molecule has 3 aromatic carbocycles. The summed E-state index contributed by atoms with van der Waals surface area (Å²) in [4.78, 5) is 11.1. The lowest BCUT2D eigenvalue weighted by molar-refractivity contribution is -0.109. The summed E-state index contributed by atoms with van der Waals surface area (Å²) < 4.78 is 0. The van der Waals surface area contributed by atoms with Gasteiger partial charge in [-0.1, -0.05) is 78.9 Å². The van der Waals surface area contributed by atoms with Crippen LogP contribution in [0.5, 0.6) is 0 Å². The zero-order chi connectivity index (χ0) is 17.8. The highest BCUT2D eigenvalue weighted by molar-refractivity contribution is 6.04. The van der Waals surface area contributed by atoms with E-state index in [9.17, 15) is 4.79 Å². The van der Waals surface area contributed by atoms with Crippen molar-refractivity contribution in [3.63, 3.8) is 0 Å². The third-order valence-electron chi connectivity index (χ3n) is 4.69. The highest BCUT2D eigenvalue weighted by Crippen LogP contribution is 2.24. The monoisotopic (exact) mass is 340 g/mol. The minimum absolute atomic E-state index is 0.0990. The van der Waals surface area contributed by atoms with Crippen LogP contribution in [0.3, 0.4) is 0 Å². The van der Waals surface area contributed by atoms with Crippen LogP contribution in [0.2, 0.25) is 0 Å². The first-order valence-electron chi connectivity index (χ1n) is 8.84. The van der Waals surface area contributed by atoms with Gasteiger partial charge in [0.15, 0.2) is 0 Å². The van der Waals surface area contributed by atoms with E-state index in [-0.39, 0.29) is 6.04 Å². The molecule has 26 heavy (non-hydrogen) atoms. The number of benzene rings is 3. The van der Waals surface area contributed by atoms with Gasteiger partial charge in [0.05, 0.1) is 18.3 Å². The molecule has 0 aromatic heterocycles. The van der Waals surface area contributed by atoms with Crippen molar-refractivity contribution in [3.05, 3.63) is 90.0 Å². The Bertz CT molecular complexity index is 976. The molecule has 1 aliphatic heterocycles. The molecule has 128 valence electrons. The van der Waals surface area contributed by atoms with Crippen LogP contribution in [0.4, 0.5) is 0 Å². The summed E-state index contributed by atoms with van der Waals surface area (Å²) in [5.74, 6) is 0. The maximum Gasteiger partial charge on any atom is 0.141 e. The molecule has 3 aromatic rings. The van der Waals surface area contributed by atoms with Crippen LogP contribution < -0.4 is 0 Å². The fourth-order valence-corrected chi connectivity index (χ4v) is 3.32. The van der Waals surface area contributed by atoms with Gasteiger partial charge < -0.3 is 4.79 Å². The molecule has 0 amide bonds. The largest absolute Gasteiger partial charge is 0.301 e. The van der Waals surface area contributed by atoms with Gasteiger partial charge in [-0.05, 0) is 28.0 Å². The molecule has 3 nitrogen and oxygen atoms in total. The third-order valence-corrected chi connectivity index (χ3v) is 4.69. The minimum Gasteiger partial charge on any atom is -0.301 e. The molecule has 1 atom stereocenters. The first-order chi connectivity index (χ1) is 12.8. The standard InChI is InChI=1S/C23H20N2O/c26-15-14-25-22(13-10-18-6-2-1-3-7-18)17-23(24-25)21-12-11-19-8-4-5-9-20(19)16-21/h1-13,15-16,22H,14,17H2/b13-10+. The van der Waals surface area contributed by atoms with Gasteiger partial charge in [0.1, 0.15) is 6.29 Å². The van der Waals surface area contributed by atoms with Crippen molar-refractivity contribution in [1.29, 1.82) is 0 Å². The van der Waals surface area contributed by atoms with Crippen molar-refractivity contribution >= 4 is 28.8 Å². The average molecular weight is 340 g/mol. The topological polar surface area (TPSA) is 32.7 Å². The molecule has 0 radical (unpaired) electrons. The van der Waals surface area contributed by atoms with E-state index in [1.165, 1.54) is 10.8 Å². The molecule has 0 spiro atoms. The number of fused-ring (bicyclic) bond motifs is 1. The maximum atomic E-state index is 11.1. The first kappa shape index (κ1) is 16.3. The summed E-state index contributed by atoms with van der Waals surface area (Å²) in [6.45, 7) is 0.306. The van der Waals surface area contributed by atoms with Gasteiger partial charge in [-0.25, -0.2) is 0 Å². The van der Waals surface area contributed by atoms with E-state index in [4.69, 9.17) is 5.10 Å². The van der Waals surface area contributed by atoms with E-state index < -0.39 is 0 Å². The molecule has 0 fully saturated rings. The Morgan fingerprint density at radius 1 is 0.962 bits per heavy atom. The summed E-state index contributed by atoms with van der Waals surface area (Å²) in [5, 5.41) is 9.02. The van der Waals surface area contributed by atoms with E-state index in [0.717, 1.165) is 29.5 Å². The summed E-state index contributed by atoms with van der Waals surface area (Å²) in [6.07, 6.45) is 5.95. The van der Waals surface area contributed by atoms with Gasteiger partial charge in [-0.15, -0.1) is 0 Å². The fraction of sp³-hybridized carbons (Fsp3) is 0.130. The van der Waals surface area contributed by atoms with Gasteiger partial charge in [0, 0.05) is 6.42 Å². The average Bonchev–Trinajstić information content (AvgIpc) is 3.10. The molecule has 0 aliphatic carbocycles. The Morgan fingerprint density at radius 3 is 2.54 bits per heavy atom. The van der Waals surface area contributed by atoms with Crippen LogP contribution in [0.25, 0.3) is 16.8 Å². The molecular formula is C23H20N2O. The van der Waals surface area contributed by atoms with Crippen molar-refractivity contribution in [3.8, 4) is 0 Å². The molecule has 0 bridgehead atoms. The SMILES string of the molecule is O=CCN1N=C(c2ccc3ccccc3c2)CC1/C=C/c1ccccc1. The lowest BCUT2D eigenvalue weighted by Gasteiger charge is -2.17. The minimum atomic E-state index is 0.0990. The van der Waals surface area contributed by atoms with Gasteiger partial charge in [-0.3, -0.25) is 5.01 Å². The van der Waals surface area contributed by atoms with Gasteiger partial charge in [0.25, 0.3) is 0 Å². The Morgan fingerprint density at radius 2 is 1.73 bits per heavy atom. The normalized spacial score (nSPS) is 17.0. The van der Waals surface area contributed by atoms with Crippen molar-refractivity contribution < 1.29 is 4.79 Å². The van der Waals surface area contributed by atoms with Crippen molar-refractivity contribution in [1.82, 2.24) is 5.01 Å². The molecule has 1 aliphatic rings. The molecular weight excluding hydrogens is 320 g/mol. The highest BCUT2D eigenvalue weighted by Gasteiger charge is 2.25. The van der Waals surface area contributed by atoms with Gasteiger partial charge in [-0.2, -0.15) is 5.10 Å². The number of carbonyl (C=O) groups is 1. The van der Waals surface area contributed by atoms with Crippen LogP contribution in [0, 0.1) is 0 Å². The number of hydrogen-bond donors (Lipinski definition) is 0. The molecule has 1 unspecified atom stereocenters. The van der Waals surface area contributed by atoms with Crippen LogP contribution in [-0.2, 0) is 4.79 Å². The third kappa shape index (κ3) is 3.42. The zero-order valence-corrected chi connectivity index (χ0v) is 14.5. The summed E-state index contributed by atoms with van der Waals surface area (Å²) >= 11 is 0. The number of hydrazone groups is 1. The Hall–Kier alpha value is -3.20. The van der Waals surface area contributed by atoms with E-state index in [1.807, 2.05) is 35.3 Å². The molecule has 0 saturated heterocycles. The van der Waals surface area contributed by atoms with Crippen LogP contribution in [0.15, 0.2) is 84.0 Å². The van der Waals surface area contributed by atoms with Gasteiger partial charge in [0.2, 0.25) is 0 Å². The molecule has 0 saturated carbocycles. The Kier molecular flexibility index (Phi) is 4.61. The number of nitrogens with zero attached hydrogens (tertiary/aromatic N) is 2. The van der Waals surface area contributed by atoms with Crippen molar-refractivity contribution in [2.75, 3.05) is 6.54 Å². The second kappa shape index (κ2) is 7.36. The second-order valence-electron chi connectivity index (χ2n) is 6.44. The molecule has 3 heteroatoms. The van der Waals surface area contributed by atoms with Crippen LogP contribution in [-0.4, -0.2) is 29.6 Å². The lowest BCUT2D eigenvalue weighted by atomic mass is 10.00. The van der Waals surface area contributed by atoms with E-state index in [0.29, 0.717) is 6.54 Å². The predicted octanol–water partition coefficient (Wildman–Crippen LogP) is 4.53. The first-order valence-corrected chi connectivity index (χ1v) is 8.84. The van der Waals surface area contributed by atoms with Gasteiger partial charge >= 0.3 is 0 Å². The van der Waals surface area contributed by atoms with E-state index >= 15 is 0 Å². The molecule has 0 N–H and O–H groups in total. The van der Waals surface area contributed by atoms with E-state index in [2.05, 4.69) is 54.6 Å². The molecule has 1 heterocycles. The van der Waals surface area contributed by atoms with Crippen molar-refractivity contribution in [2.24, 2.45) is 5.10 Å². The maximum absolute atomic E-state index is 11.1. The van der Waals surface area contributed by atoms with Crippen LogP contribution in [0.1, 0.15) is 17.5 Å². The quantitative estimate of drug-likeness (QED) is 0.639. The molecule has 4 rings (SSSR count). The Balaban J connectivity index is 1.59. The Labute approximate surface area is 153 Å². The number of rotatable bonds is 5. The summed E-state index contributed by atoms with van der Waals surface area (Å²) in [7, 11) is 0. The van der Waals surface area contributed by atoms with Crippen LogP contribution >= 0.6 is 0 Å². The summed E-state index contributed by atoms with van der Waals surface area (Å²) in [5.41, 5.74) is 3.30. The van der Waals surface area contributed by atoms with Crippen molar-refractivity contribution in [2.45, 2.75) is 12.5 Å².